The van der Waals surface area contributed by atoms with E-state index in [2.05, 4.69) is 10.2 Å². The number of carbonyl (C=O) groups excluding carboxylic acids is 1. The lowest BCUT2D eigenvalue weighted by Gasteiger charge is -2.05. The molecule has 0 N–H and O–H groups in total. The maximum Gasteiger partial charge on any atom is 0.308 e. The van der Waals surface area contributed by atoms with E-state index in [4.69, 9.17) is 0 Å². The summed E-state index contributed by atoms with van der Waals surface area (Å²) in [6, 6.07) is 7.55. The van der Waals surface area contributed by atoms with Crippen molar-refractivity contribution in [2.45, 2.75) is 11.7 Å². The number of aliphatic carboxylic acids is 1. The maximum atomic E-state index is 12.1. The lowest BCUT2D eigenvalue weighted by Crippen LogP contribution is -2.24. The molecule has 0 aliphatic carbocycles. The van der Waals surface area contributed by atoms with Crippen molar-refractivity contribution < 1.29 is 9.90 Å². The molecule has 1 aromatic carbocycles. The SMILES string of the molecule is Cn1c(Cn2c(=O)sc3ccccc32)nnc1SCC(=O)[O-]. The van der Waals surface area contributed by atoms with Crippen LogP contribution in [0.5, 0.6) is 0 Å². The van der Waals surface area contributed by atoms with Crippen LogP contribution in [0.15, 0.2) is 34.2 Å². The van der Waals surface area contributed by atoms with Crippen LogP contribution < -0.4 is 9.98 Å². The Hall–Kier alpha value is -2.13. The van der Waals surface area contributed by atoms with Crippen LogP contribution in [0.25, 0.3) is 10.2 Å². The lowest BCUT2D eigenvalue weighted by atomic mass is 10.3. The third-order valence-corrected chi connectivity index (χ3v) is 5.07. The predicted octanol–water partition coefficient (Wildman–Crippen LogP) is 0.0818. The molecule has 7 nitrogen and oxygen atoms in total. The van der Waals surface area contributed by atoms with Gasteiger partial charge in [0.1, 0.15) is 0 Å². The molecule has 0 unspecified atom stereocenters. The molecule has 0 radical (unpaired) electrons. The van der Waals surface area contributed by atoms with Gasteiger partial charge >= 0.3 is 4.87 Å². The number of para-hydroxylation sites is 1. The number of hydrogen-bond acceptors (Lipinski definition) is 7. The number of hydrogen-bond donors (Lipinski definition) is 0. The number of fused-ring (bicyclic) bond motifs is 1. The van der Waals surface area contributed by atoms with Crippen molar-refractivity contribution >= 4 is 39.3 Å². The number of rotatable bonds is 5. The van der Waals surface area contributed by atoms with E-state index >= 15 is 0 Å². The average molecular weight is 335 g/mol. The highest BCUT2D eigenvalue weighted by atomic mass is 32.2. The highest BCUT2D eigenvalue weighted by Gasteiger charge is 2.13. The highest BCUT2D eigenvalue weighted by molar-refractivity contribution is 7.99. The fraction of sp³-hybridized carbons (Fsp3) is 0.231. The van der Waals surface area contributed by atoms with Gasteiger partial charge in [-0.05, 0) is 12.1 Å². The third kappa shape index (κ3) is 2.77. The topological polar surface area (TPSA) is 92.8 Å². The molecular weight excluding hydrogens is 324 g/mol. The van der Waals surface area contributed by atoms with Crippen molar-refractivity contribution in [3.8, 4) is 0 Å². The fourth-order valence-corrected chi connectivity index (χ4v) is 3.57. The third-order valence-electron chi connectivity index (χ3n) is 3.12. The van der Waals surface area contributed by atoms with E-state index in [1.165, 1.54) is 11.3 Å². The largest absolute Gasteiger partial charge is 0.549 e. The van der Waals surface area contributed by atoms with Crippen LogP contribution in [0.3, 0.4) is 0 Å². The zero-order chi connectivity index (χ0) is 15.7. The van der Waals surface area contributed by atoms with Gasteiger partial charge in [0.25, 0.3) is 0 Å². The molecule has 0 spiro atoms. The van der Waals surface area contributed by atoms with Crippen LogP contribution >= 0.6 is 23.1 Å². The van der Waals surface area contributed by atoms with Crippen molar-refractivity contribution in [2.75, 3.05) is 5.75 Å². The molecule has 0 aliphatic heterocycles. The lowest BCUT2D eigenvalue weighted by molar-refractivity contribution is -0.301. The van der Waals surface area contributed by atoms with Gasteiger partial charge in [0.05, 0.1) is 22.7 Å². The van der Waals surface area contributed by atoms with Crippen LogP contribution in [0.4, 0.5) is 0 Å². The second-order valence-corrected chi connectivity index (χ2v) is 6.48. The van der Waals surface area contributed by atoms with E-state index in [-0.39, 0.29) is 17.2 Å². The molecule has 0 fully saturated rings. The summed E-state index contributed by atoms with van der Waals surface area (Å²) in [7, 11) is 1.74. The van der Waals surface area contributed by atoms with Gasteiger partial charge in [-0.1, -0.05) is 35.2 Å². The zero-order valence-electron chi connectivity index (χ0n) is 11.6. The number of carboxylic acid groups (broad SMARTS) is 1. The summed E-state index contributed by atoms with van der Waals surface area (Å²) in [6.07, 6.45) is 0. The molecule has 0 saturated carbocycles. The van der Waals surface area contributed by atoms with Gasteiger partial charge in [0, 0.05) is 12.8 Å². The summed E-state index contributed by atoms with van der Waals surface area (Å²) in [5.74, 6) is -0.756. The monoisotopic (exact) mass is 335 g/mol. The zero-order valence-corrected chi connectivity index (χ0v) is 13.2. The maximum absolute atomic E-state index is 12.1. The molecule has 114 valence electrons. The first-order valence-electron chi connectivity index (χ1n) is 6.35. The van der Waals surface area contributed by atoms with E-state index in [1.807, 2.05) is 24.3 Å². The number of benzene rings is 1. The minimum absolute atomic E-state index is 0.0619. The van der Waals surface area contributed by atoms with Crippen LogP contribution in [-0.2, 0) is 18.4 Å². The van der Waals surface area contributed by atoms with Crippen molar-refractivity contribution in [1.29, 1.82) is 0 Å². The standard InChI is InChI=1S/C13H12N4O3S2/c1-16-10(14-15-12(16)21-7-11(18)19)6-17-8-4-2-3-5-9(8)22-13(17)20/h2-5H,6-7H2,1H3,(H,18,19)/p-1. The van der Waals surface area contributed by atoms with Gasteiger partial charge in [0.2, 0.25) is 0 Å². The van der Waals surface area contributed by atoms with Crippen molar-refractivity contribution in [2.24, 2.45) is 7.05 Å². The normalized spacial score (nSPS) is 11.1. The fourth-order valence-electron chi connectivity index (χ4n) is 2.04. The van der Waals surface area contributed by atoms with Gasteiger partial charge < -0.3 is 14.5 Å². The van der Waals surface area contributed by atoms with E-state index < -0.39 is 5.97 Å². The molecule has 3 rings (SSSR count). The minimum atomic E-state index is -1.16. The molecule has 3 aromatic rings. The average Bonchev–Trinajstić information content (AvgIpc) is 2.99. The minimum Gasteiger partial charge on any atom is -0.549 e. The van der Waals surface area contributed by atoms with Crippen LogP contribution in [0, 0.1) is 0 Å². The first-order chi connectivity index (χ1) is 10.6. The molecule has 0 saturated heterocycles. The number of nitrogens with zero attached hydrogens (tertiary/aromatic N) is 4. The number of thioether (sulfide) groups is 1. The Morgan fingerprint density at radius 2 is 2.14 bits per heavy atom. The Morgan fingerprint density at radius 1 is 1.36 bits per heavy atom. The summed E-state index contributed by atoms with van der Waals surface area (Å²) in [5, 5.41) is 19.0. The Balaban J connectivity index is 1.91. The first kappa shape index (κ1) is 14.8. The summed E-state index contributed by atoms with van der Waals surface area (Å²) >= 11 is 2.22. The Bertz CT molecular complexity index is 896. The molecular formula is C13H11N4O3S2-. The first-order valence-corrected chi connectivity index (χ1v) is 8.16. The molecule has 2 heterocycles. The summed E-state index contributed by atoms with van der Waals surface area (Å²) < 4.78 is 4.24. The molecule has 2 aromatic heterocycles. The Morgan fingerprint density at radius 3 is 2.91 bits per heavy atom. The van der Waals surface area contributed by atoms with Crippen molar-refractivity contribution in [3.05, 3.63) is 39.8 Å². The van der Waals surface area contributed by atoms with Gasteiger partial charge in [-0.25, -0.2) is 0 Å². The molecule has 22 heavy (non-hydrogen) atoms. The molecule has 0 atom stereocenters. The van der Waals surface area contributed by atoms with E-state index in [9.17, 15) is 14.7 Å². The number of aromatic nitrogens is 4. The van der Waals surface area contributed by atoms with Crippen LogP contribution in [0.1, 0.15) is 5.82 Å². The van der Waals surface area contributed by atoms with Crippen LogP contribution in [-0.4, -0.2) is 31.1 Å². The number of thiazole rings is 1. The second kappa shape index (κ2) is 5.93. The van der Waals surface area contributed by atoms with E-state index in [0.29, 0.717) is 11.0 Å². The summed E-state index contributed by atoms with van der Waals surface area (Å²) in [5.41, 5.74) is 0.851. The van der Waals surface area contributed by atoms with Crippen molar-refractivity contribution in [3.63, 3.8) is 0 Å². The highest BCUT2D eigenvalue weighted by Crippen LogP contribution is 2.19. The van der Waals surface area contributed by atoms with E-state index in [0.717, 1.165) is 22.0 Å². The smallest absolute Gasteiger partial charge is 0.308 e. The van der Waals surface area contributed by atoms with Gasteiger partial charge in [0.15, 0.2) is 11.0 Å². The summed E-state index contributed by atoms with van der Waals surface area (Å²) in [6.45, 7) is 0.290. The predicted molar refractivity (Wildman–Crippen MR) is 81.9 cm³/mol. The van der Waals surface area contributed by atoms with E-state index in [1.54, 1.807) is 16.2 Å². The summed E-state index contributed by atoms with van der Waals surface area (Å²) in [4.78, 5) is 22.6. The molecule has 0 aliphatic rings. The molecule has 0 bridgehead atoms. The van der Waals surface area contributed by atoms with Gasteiger partial charge in [-0.15, -0.1) is 10.2 Å². The van der Waals surface area contributed by atoms with Gasteiger partial charge in [-0.2, -0.15) is 0 Å². The molecule has 0 amide bonds. The Kier molecular flexibility index (Phi) is 3.99. The Labute approximate surface area is 133 Å². The number of carbonyl (C=O) groups is 1. The van der Waals surface area contributed by atoms with Crippen LogP contribution in [0.2, 0.25) is 0 Å². The number of carboxylic acids is 1. The van der Waals surface area contributed by atoms with Crippen molar-refractivity contribution in [1.82, 2.24) is 19.3 Å². The molecule has 9 heteroatoms. The quantitative estimate of drug-likeness (QED) is 0.613. The van der Waals surface area contributed by atoms with Gasteiger partial charge in [-0.3, -0.25) is 9.36 Å². The second-order valence-electron chi connectivity index (χ2n) is 4.54.